The second-order valence-electron chi connectivity index (χ2n) is 5.14. The van der Waals surface area contributed by atoms with Crippen LogP contribution in [0.15, 0.2) is 6.07 Å². The van der Waals surface area contributed by atoms with E-state index in [1.165, 1.54) is 6.42 Å². The van der Waals surface area contributed by atoms with Gasteiger partial charge in [-0.15, -0.1) is 0 Å². The lowest BCUT2D eigenvalue weighted by atomic mass is 9.87. The maximum atomic E-state index is 9.66. The molecule has 1 aromatic rings. The van der Waals surface area contributed by atoms with Crippen LogP contribution in [-0.4, -0.2) is 34.3 Å². The molecule has 1 aliphatic rings. The summed E-state index contributed by atoms with van der Waals surface area (Å²) in [4.78, 5) is 8.57. The van der Waals surface area contributed by atoms with Gasteiger partial charge in [0.15, 0.2) is 0 Å². The molecule has 0 radical (unpaired) electrons. The highest BCUT2D eigenvalue weighted by Crippen LogP contribution is 2.24. The number of hydrogen-bond donors (Lipinski definition) is 2. The molecule has 1 heterocycles. The maximum absolute atomic E-state index is 9.66. The Morgan fingerprint density at radius 3 is 3.00 bits per heavy atom. The molecular formula is C14H23N3O2. The van der Waals surface area contributed by atoms with Crippen LogP contribution in [-0.2, 0) is 0 Å². The van der Waals surface area contributed by atoms with E-state index in [0.717, 1.165) is 31.6 Å². The minimum Gasteiger partial charge on any atom is -0.478 e. The Hall–Kier alpha value is -1.36. The van der Waals surface area contributed by atoms with Crippen molar-refractivity contribution in [3.05, 3.63) is 11.9 Å². The van der Waals surface area contributed by atoms with Crippen molar-refractivity contribution in [2.75, 3.05) is 18.5 Å². The molecule has 5 nitrogen and oxygen atoms in total. The van der Waals surface area contributed by atoms with Crippen molar-refractivity contribution in [2.45, 2.75) is 45.6 Å². The predicted octanol–water partition coefficient (Wildman–Crippen LogP) is 2.15. The Bertz CT molecular complexity index is 412. The van der Waals surface area contributed by atoms with Crippen LogP contribution in [0.5, 0.6) is 5.88 Å². The summed E-state index contributed by atoms with van der Waals surface area (Å²) in [6.07, 6.45) is 3.98. The summed E-state index contributed by atoms with van der Waals surface area (Å²) in [6, 6.07) is 1.83. The van der Waals surface area contributed by atoms with Crippen molar-refractivity contribution in [3.63, 3.8) is 0 Å². The van der Waals surface area contributed by atoms with Crippen molar-refractivity contribution >= 4 is 5.82 Å². The molecule has 0 aromatic carbocycles. The first kappa shape index (κ1) is 14.1. The van der Waals surface area contributed by atoms with E-state index >= 15 is 0 Å². The van der Waals surface area contributed by atoms with Gasteiger partial charge in [0.05, 0.1) is 12.7 Å². The van der Waals surface area contributed by atoms with Gasteiger partial charge in [-0.05, 0) is 39.0 Å². The maximum Gasteiger partial charge on any atom is 0.218 e. The molecule has 5 heteroatoms. The molecule has 0 aliphatic heterocycles. The average molecular weight is 265 g/mol. The Balaban J connectivity index is 1.91. The Morgan fingerprint density at radius 1 is 1.42 bits per heavy atom. The lowest BCUT2D eigenvalue weighted by molar-refractivity contribution is 0.104. The van der Waals surface area contributed by atoms with Gasteiger partial charge in [0.25, 0.3) is 0 Å². The monoisotopic (exact) mass is 265 g/mol. The molecule has 1 saturated carbocycles. The van der Waals surface area contributed by atoms with Gasteiger partial charge in [-0.3, -0.25) is 0 Å². The average Bonchev–Trinajstić information content (AvgIpc) is 2.36. The van der Waals surface area contributed by atoms with E-state index < -0.39 is 0 Å². The Labute approximate surface area is 114 Å². The van der Waals surface area contributed by atoms with Crippen LogP contribution in [0.25, 0.3) is 0 Å². The number of aromatic nitrogens is 2. The summed E-state index contributed by atoms with van der Waals surface area (Å²) >= 11 is 0. The SMILES string of the molecule is CCOc1cc(NCC2CCCC(O)C2)nc(C)n1. The normalized spacial score (nSPS) is 23.1. The zero-order chi connectivity index (χ0) is 13.7. The fraction of sp³-hybridized carbons (Fsp3) is 0.714. The summed E-state index contributed by atoms with van der Waals surface area (Å²) < 4.78 is 5.41. The summed E-state index contributed by atoms with van der Waals surface area (Å²) in [6.45, 7) is 5.25. The molecule has 0 spiro atoms. The van der Waals surface area contributed by atoms with Crippen LogP contribution in [0.3, 0.4) is 0 Å². The van der Waals surface area contributed by atoms with E-state index in [1.54, 1.807) is 0 Å². The molecule has 2 atom stereocenters. The first-order valence-corrected chi connectivity index (χ1v) is 7.07. The Kier molecular flexibility index (Phi) is 4.96. The van der Waals surface area contributed by atoms with Crippen molar-refractivity contribution < 1.29 is 9.84 Å². The number of nitrogens with zero attached hydrogens (tertiary/aromatic N) is 2. The molecule has 1 aliphatic carbocycles. The van der Waals surface area contributed by atoms with Crippen LogP contribution in [0.4, 0.5) is 5.82 Å². The van der Waals surface area contributed by atoms with Crippen molar-refractivity contribution in [3.8, 4) is 5.88 Å². The van der Waals surface area contributed by atoms with Crippen molar-refractivity contribution in [2.24, 2.45) is 5.92 Å². The van der Waals surface area contributed by atoms with E-state index in [1.807, 2.05) is 19.9 Å². The van der Waals surface area contributed by atoms with Crippen LogP contribution in [0, 0.1) is 12.8 Å². The lowest BCUT2D eigenvalue weighted by Crippen LogP contribution is -2.25. The largest absolute Gasteiger partial charge is 0.478 e. The highest BCUT2D eigenvalue weighted by molar-refractivity contribution is 5.38. The first-order chi connectivity index (χ1) is 9.17. The summed E-state index contributed by atoms with van der Waals surface area (Å²) in [7, 11) is 0. The van der Waals surface area contributed by atoms with Crippen molar-refractivity contribution in [1.29, 1.82) is 0 Å². The van der Waals surface area contributed by atoms with Gasteiger partial charge in [-0.1, -0.05) is 6.42 Å². The second-order valence-corrected chi connectivity index (χ2v) is 5.14. The summed E-state index contributed by atoms with van der Waals surface area (Å²) in [5.41, 5.74) is 0. The van der Waals surface area contributed by atoms with Gasteiger partial charge < -0.3 is 15.2 Å². The molecule has 0 saturated heterocycles. The number of aliphatic hydroxyl groups excluding tert-OH is 1. The van der Waals surface area contributed by atoms with Crippen molar-refractivity contribution in [1.82, 2.24) is 9.97 Å². The molecule has 19 heavy (non-hydrogen) atoms. The van der Waals surface area contributed by atoms with E-state index in [2.05, 4.69) is 15.3 Å². The van der Waals surface area contributed by atoms with Gasteiger partial charge in [-0.2, -0.15) is 4.98 Å². The summed E-state index contributed by atoms with van der Waals surface area (Å²) in [5.74, 6) is 2.64. The highest BCUT2D eigenvalue weighted by Gasteiger charge is 2.19. The molecule has 106 valence electrons. The van der Waals surface area contributed by atoms with Crippen LogP contribution >= 0.6 is 0 Å². The summed E-state index contributed by atoms with van der Waals surface area (Å²) in [5, 5.41) is 13.0. The number of rotatable bonds is 5. The third-order valence-corrected chi connectivity index (χ3v) is 3.43. The van der Waals surface area contributed by atoms with Gasteiger partial charge >= 0.3 is 0 Å². The zero-order valence-electron chi connectivity index (χ0n) is 11.7. The second kappa shape index (κ2) is 6.70. The van der Waals surface area contributed by atoms with E-state index in [4.69, 9.17) is 4.74 Å². The number of aliphatic hydroxyl groups is 1. The first-order valence-electron chi connectivity index (χ1n) is 7.07. The van der Waals surface area contributed by atoms with Crippen LogP contribution in [0.1, 0.15) is 38.4 Å². The van der Waals surface area contributed by atoms with Gasteiger partial charge in [-0.25, -0.2) is 4.98 Å². The number of nitrogens with one attached hydrogen (secondary N) is 1. The molecule has 0 bridgehead atoms. The fourth-order valence-electron chi connectivity index (χ4n) is 2.55. The number of aryl methyl sites for hydroxylation is 1. The molecule has 1 fully saturated rings. The van der Waals surface area contributed by atoms with Crippen LogP contribution in [0.2, 0.25) is 0 Å². The quantitative estimate of drug-likeness (QED) is 0.854. The van der Waals surface area contributed by atoms with E-state index in [0.29, 0.717) is 24.2 Å². The minimum atomic E-state index is -0.133. The number of anilines is 1. The van der Waals surface area contributed by atoms with E-state index in [-0.39, 0.29) is 6.10 Å². The standard InChI is InChI=1S/C14H23N3O2/c1-3-19-14-8-13(16-10(2)17-14)15-9-11-5-4-6-12(18)7-11/h8,11-12,18H,3-7,9H2,1-2H3,(H,15,16,17). The molecule has 2 unspecified atom stereocenters. The molecule has 1 aromatic heterocycles. The number of ether oxygens (including phenoxy) is 1. The van der Waals surface area contributed by atoms with Gasteiger partial charge in [0.1, 0.15) is 11.6 Å². The third kappa shape index (κ3) is 4.35. The highest BCUT2D eigenvalue weighted by atomic mass is 16.5. The molecule has 0 amide bonds. The Morgan fingerprint density at radius 2 is 2.26 bits per heavy atom. The zero-order valence-corrected chi connectivity index (χ0v) is 11.7. The molecular weight excluding hydrogens is 242 g/mol. The van der Waals surface area contributed by atoms with Crippen LogP contribution < -0.4 is 10.1 Å². The third-order valence-electron chi connectivity index (χ3n) is 3.43. The minimum absolute atomic E-state index is 0.133. The molecule has 2 N–H and O–H groups in total. The molecule has 2 rings (SSSR count). The van der Waals surface area contributed by atoms with E-state index in [9.17, 15) is 5.11 Å². The fourth-order valence-corrected chi connectivity index (χ4v) is 2.55. The number of hydrogen-bond acceptors (Lipinski definition) is 5. The van der Waals surface area contributed by atoms with Gasteiger partial charge in [0.2, 0.25) is 5.88 Å². The lowest BCUT2D eigenvalue weighted by Gasteiger charge is -2.26. The smallest absolute Gasteiger partial charge is 0.218 e. The topological polar surface area (TPSA) is 67.3 Å². The van der Waals surface area contributed by atoms with Gasteiger partial charge in [0, 0.05) is 12.6 Å². The predicted molar refractivity (Wildman–Crippen MR) is 74.4 cm³/mol.